The van der Waals surface area contributed by atoms with Gasteiger partial charge in [0, 0.05) is 30.6 Å². The maximum absolute atomic E-state index is 13.6. The Hall–Kier alpha value is -2.54. The van der Waals surface area contributed by atoms with Gasteiger partial charge in [-0.3, -0.25) is 9.59 Å². The summed E-state index contributed by atoms with van der Waals surface area (Å²) >= 11 is 0. The Morgan fingerprint density at radius 3 is 2.96 bits per heavy atom. The van der Waals surface area contributed by atoms with Crippen molar-refractivity contribution in [2.45, 2.75) is 37.8 Å². The summed E-state index contributed by atoms with van der Waals surface area (Å²) in [5.74, 6) is 0.761. The molecule has 0 spiro atoms. The van der Waals surface area contributed by atoms with Crippen LogP contribution in [0.5, 0.6) is 5.75 Å². The molecule has 0 saturated carbocycles. The van der Waals surface area contributed by atoms with Crippen LogP contribution in [-0.4, -0.2) is 66.1 Å². The van der Waals surface area contributed by atoms with Gasteiger partial charge < -0.3 is 24.3 Å². The Labute approximate surface area is 163 Å². The number of aromatic amines is 1. The summed E-state index contributed by atoms with van der Waals surface area (Å²) in [5, 5.41) is 1.06. The maximum atomic E-state index is 13.6. The number of piperazine rings is 1. The third-order valence-electron chi connectivity index (χ3n) is 6.50. The van der Waals surface area contributed by atoms with Crippen molar-refractivity contribution in [3.63, 3.8) is 0 Å². The number of carbonyl (C=O) groups is 2. The van der Waals surface area contributed by atoms with Gasteiger partial charge in [0.25, 0.3) is 5.91 Å². The number of H-pyrrole nitrogens is 1. The Bertz CT molecular complexity index is 962. The molecule has 2 amide bonds. The first kappa shape index (κ1) is 17.6. The van der Waals surface area contributed by atoms with Gasteiger partial charge in [0.15, 0.2) is 5.54 Å². The Balaban J connectivity index is 1.58. The molecule has 5 rings (SSSR count). The second kappa shape index (κ2) is 6.24. The molecular weight excluding hydrogens is 358 g/mol. The van der Waals surface area contributed by atoms with E-state index in [-0.39, 0.29) is 24.5 Å². The molecule has 0 aliphatic carbocycles. The smallest absolute Gasteiger partial charge is 0.255 e. The zero-order valence-electron chi connectivity index (χ0n) is 16.3. The summed E-state index contributed by atoms with van der Waals surface area (Å²) in [6, 6.07) is 5.88. The first-order valence-corrected chi connectivity index (χ1v) is 9.93. The van der Waals surface area contributed by atoms with Crippen LogP contribution in [0.3, 0.4) is 0 Å². The minimum atomic E-state index is -1.01. The topological polar surface area (TPSA) is 74.9 Å². The van der Waals surface area contributed by atoms with E-state index in [0.29, 0.717) is 13.1 Å². The zero-order valence-corrected chi connectivity index (χ0v) is 16.3. The number of fused-ring (bicyclic) bond motifs is 5. The van der Waals surface area contributed by atoms with Crippen molar-refractivity contribution < 1.29 is 19.1 Å². The third kappa shape index (κ3) is 2.38. The average Bonchev–Trinajstić information content (AvgIpc) is 3.33. The molecule has 7 heteroatoms. The molecule has 1 aromatic carbocycles. The van der Waals surface area contributed by atoms with E-state index in [4.69, 9.17) is 9.47 Å². The average molecular weight is 383 g/mol. The highest BCUT2D eigenvalue weighted by molar-refractivity contribution is 6.00. The van der Waals surface area contributed by atoms with E-state index >= 15 is 0 Å². The van der Waals surface area contributed by atoms with Crippen LogP contribution in [0.15, 0.2) is 18.2 Å². The Kier molecular flexibility index (Phi) is 3.91. The van der Waals surface area contributed by atoms with Crippen LogP contribution in [0, 0.1) is 0 Å². The molecule has 2 atom stereocenters. The first-order valence-electron chi connectivity index (χ1n) is 9.93. The molecule has 3 aliphatic heterocycles. The maximum Gasteiger partial charge on any atom is 0.255 e. The van der Waals surface area contributed by atoms with Gasteiger partial charge in [-0.05, 0) is 49.9 Å². The molecule has 0 unspecified atom stereocenters. The Morgan fingerprint density at radius 1 is 1.36 bits per heavy atom. The number of ether oxygens (including phenoxy) is 2. The van der Waals surface area contributed by atoms with Crippen molar-refractivity contribution in [2.24, 2.45) is 0 Å². The minimum Gasteiger partial charge on any atom is -0.497 e. The van der Waals surface area contributed by atoms with Crippen LogP contribution in [-0.2, 0) is 26.3 Å². The van der Waals surface area contributed by atoms with E-state index < -0.39 is 5.54 Å². The lowest BCUT2D eigenvalue weighted by Gasteiger charge is -2.49. The fourth-order valence-electron chi connectivity index (χ4n) is 5.02. The van der Waals surface area contributed by atoms with Gasteiger partial charge in [-0.15, -0.1) is 0 Å². The fraction of sp³-hybridized carbons (Fsp3) is 0.524. The van der Waals surface area contributed by atoms with E-state index in [9.17, 15) is 9.59 Å². The van der Waals surface area contributed by atoms with Crippen LogP contribution in [0.4, 0.5) is 0 Å². The number of aromatic nitrogens is 1. The van der Waals surface area contributed by atoms with E-state index in [1.165, 1.54) is 0 Å². The number of nitrogens with zero attached hydrogens (tertiary/aromatic N) is 2. The summed E-state index contributed by atoms with van der Waals surface area (Å²) in [7, 11) is 1.65. The molecule has 148 valence electrons. The first-order chi connectivity index (χ1) is 13.5. The molecular formula is C21H25N3O4. The molecule has 1 N–H and O–H groups in total. The monoisotopic (exact) mass is 383 g/mol. The predicted molar refractivity (Wildman–Crippen MR) is 103 cm³/mol. The highest BCUT2D eigenvalue weighted by atomic mass is 16.5. The molecule has 7 nitrogen and oxygen atoms in total. The number of amides is 2. The lowest BCUT2D eigenvalue weighted by atomic mass is 9.83. The van der Waals surface area contributed by atoms with E-state index in [0.717, 1.165) is 53.8 Å². The molecule has 2 fully saturated rings. The molecule has 4 heterocycles. The Morgan fingerprint density at radius 2 is 2.21 bits per heavy atom. The molecule has 3 aliphatic rings. The van der Waals surface area contributed by atoms with Crippen molar-refractivity contribution in [2.75, 3.05) is 33.4 Å². The third-order valence-corrected chi connectivity index (χ3v) is 6.50. The minimum absolute atomic E-state index is 0.00184. The summed E-state index contributed by atoms with van der Waals surface area (Å²) in [4.78, 5) is 33.4. The van der Waals surface area contributed by atoms with Gasteiger partial charge in [0.1, 0.15) is 5.75 Å². The van der Waals surface area contributed by atoms with E-state index in [1.54, 1.807) is 16.9 Å². The summed E-state index contributed by atoms with van der Waals surface area (Å²) in [6.07, 6.45) is 2.71. The lowest BCUT2D eigenvalue weighted by Crippen LogP contribution is -2.67. The second-order valence-corrected chi connectivity index (χ2v) is 8.08. The quantitative estimate of drug-likeness (QED) is 0.877. The van der Waals surface area contributed by atoms with Crippen LogP contribution >= 0.6 is 0 Å². The number of benzene rings is 1. The van der Waals surface area contributed by atoms with Crippen molar-refractivity contribution in [1.29, 1.82) is 0 Å². The number of hydrogen-bond donors (Lipinski definition) is 1. The molecule has 2 saturated heterocycles. The lowest BCUT2D eigenvalue weighted by molar-refractivity contribution is -0.167. The largest absolute Gasteiger partial charge is 0.497 e. The van der Waals surface area contributed by atoms with Gasteiger partial charge in [0.2, 0.25) is 5.91 Å². The van der Waals surface area contributed by atoms with Crippen molar-refractivity contribution in [3.8, 4) is 5.75 Å². The van der Waals surface area contributed by atoms with Crippen molar-refractivity contribution in [3.05, 3.63) is 29.5 Å². The van der Waals surface area contributed by atoms with Gasteiger partial charge in [-0.25, -0.2) is 0 Å². The van der Waals surface area contributed by atoms with Crippen LogP contribution in [0.1, 0.15) is 31.0 Å². The highest BCUT2D eigenvalue weighted by Crippen LogP contribution is 2.42. The summed E-state index contributed by atoms with van der Waals surface area (Å²) in [5.41, 5.74) is 1.89. The summed E-state index contributed by atoms with van der Waals surface area (Å²) < 4.78 is 11.1. The van der Waals surface area contributed by atoms with E-state index in [1.807, 2.05) is 25.1 Å². The molecule has 0 bridgehead atoms. The number of rotatable bonds is 3. The number of hydrogen-bond acceptors (Lipinski definition) is 4. The van der Waals surface area contributed by atoms with Crippen molar-refractivity contribution in [1.82, 2.24) is 14.8 Å². The second-order valence-electron chi connectivity index (χ2n) is 8.08. The molecule has 0 radical (unpaired) electrons. The van der Waals surface area contributed by atoms with Crippen LogP contribution in [0.25, 0.3) is 10.9 Å². The van der Waals surface area contributed by atoms with Gasteiger partial charge in [0.05, 0.1) is 25.5 Å². The van der Waals surface area contributed by atoms with Crippen molar-refractivity contribution >= 4 is 22.7 Å². The summed E-state index contributed by atoms with van der Waals surface area (Å²) in [6.45, 7) is 3.78. The number of carbonyl (C=O) groups excluding carboxylic acids is 2. The zero-order chi connectivity index (χ0) is 19.5. The van der Waals surface area contributed by atoms with Gasteiger partial charge in [-0.1, -0.05) is 0 Å². The predicted octanol–water partition coefficient (Wildman–Crippen LogP) is 1.80. The van der Waals surface area contributed by atoms with E-state index in [2.05, 4.69) is 4.98 Å². The molecule has 28 heavy (non-hydrogen) atoms. The standard InChI is InChI=1S/C21H25N3O4/c1-21-19-15(16-10-13(27-2)5-6-17(16)22-19)7-8-24(21)18(25)12-23(20(21)26)11-14-4-3-9-28-14/h5-6,10,14,22H,3-4,7-9,11-12H2,1-2H3/t14-,21-/m0/s1. The van der Waals surface area contributed by atoms with Gasteiger partial charge in [-0.2, -0.15) is 0 Å². The number of methoxy groups -OCH3 is 1. The number of nitrogens with one attached hydrogen (secondary N) is 1. The van der Waals surface area contributed by atoms with Crippen LogP contribution < -0.4 is 4.74 Å². The van der Waals surface area contributed by atoms with Crippen LogP contribution in [0.2, 0.25) is 0 Å². The van der Waals surface area contributed by atoms with Gasteiger partial charge >= 0.3 is 0 Å². The normalized spacial score (nSPS) is 27.3. The fourth-order valence-corrected chi connectivity index (χ4v) is 5.02. The molecule has 2 aromatic rings. The SMILES string of the molecule is COc1ccc2[nH]c3c(c2c1)CCN1C(=O)CN(C[C@@H]2CCCO2)C(=O)[C@]31C. The molecule has 1 aromatic heterocycles. The highest BCUT2D eigenvalue weighted by Gasteiger charge is 2.54.